The highest BCUT2D eigenvalue weighted by atomic mass is 35.6. The van der Waals surface area contributed by atoms with E-state index in [4.69, 9.17) is 115 Å². The molecule has 3 fully saturated rings. The van der Waals surface area contributed by atoms with E-state index in [2.05, 4.69) is 46.9 Å². The molecule has 10 aromatic carbocycles. The van der Waals surface area contributed by atoms with Gasteiger partial charge in [0.2, 0.25) is 8.32 Å². The number of ketones is 1. The topological polar surface area (TPSA) is 254 Å². The Kier molecular flexibility index (Phi) is 36.1. The molecule has 15 atom stereocenters. The number of ether oxygens (including phenoxy) is 11. The van der Waals surface area contributed by atoms with Crippen LogP contribution < -0.4 is 26.1 Å². The van der Waals surface area contributed by atoms with E-state index < -0.39 is 185 Å². The zero-order valence-corrected chi connectivity index (χ0v) is 84.2. The number of carbonyl (C=O) groups excluding carboxylic acids is 5. The number of nitrogens with one attached hydrogen (secondary N) is 1. The number of alkyl halides is 3. The summed E-state index contributed by atoms with van der Waals surface area (Å²) in [5.74, 6) is -4.28. The molecule has 0 unspecified atom stereocenters. The van der Waals surface area contributed by atoms with Crippen LogP contribution in [0.5, 0.6) is 0 Å². The third-order valence-corrected chi connectivity index (χ3v) is 39.8. The fourth-order valence-corrected chi connectivity index (χ4v) is 26.4. The second kappa shape index (κ2) is 47.1. The molecule has 3 saturated heterocycles. The molecule has 0 radical (unpaired) electrons. The van der Waals surface area contributed by atoms with Crippen molar-refractivity contribution in [2.45, 2.75) is 237 Å². The van der Waals surface area contributed by atoms with E-state index in [1.807, 2.05) is 277 Å². The maximum atomic E-state index is 15.7. The second-order valence-corrected chi connectivity index (χ2v) is 53.9. The summed E-state index contributed by atoms with van der Waals surface area (Å²) in [4.78, 5) is 96.8. The van der Waals surface area contributed by atoms with Crippen LogP contribution in [0.3, 0.4) is 0 Å². The number of hydrogen-bond donors (Lipinski definition) is 1. The quantitative estimate of drug-likeness (QED) is 0.00935. The minimum Gasteiger partial charge on any atom is -0.457 e. The Bertz CT molecular complexity index is 5320. The minimum absolute atomic E-state index is 0.0685. The number of thioether (sulfide) groups is 1. The van der Waals surface area contributed by atoms with Crippen LogP contribution in [0, 0.1) is 6.92 Å². The van der Waals surface area contributed by atoms with Crippen LogP contribution >= 0.6 is 46.6 Å². The van der Waals surface area contributed by atoms with Gasteiger partial charge in [0.25, 0.3) is 9.70 Å². The molecular weight excluding hydrogens is 1850 g/mol. The summed E-state index contributed by atoms with van der Waals surface area (Å²) in [5.41, 5.74) is 2.11. The number of rotatable bonds is 40. The molecule has 23 nitrogen and oxygen atoms in total. The van der Waals surface area contributed by atoms with Gasteiger partial charge >= 0.3 is 34.5 Å². The first-order valence-electron chi connectivity index (χ1n) is 45.3. The van der Waals surface area contributed by atoms with Crippen molar-refractivity contribution in [3.05, 3.63) is 331 Å². The largest absolute Gasteiger partial charge is 0.457 e. The van der Waals surface area contributed by atoms with Gasteiger partial charge in [0.15, 0.2) is 37.0 Å². The maximum absolute atomic E-state index is 15.7. The Balaban J connectivity index is 1.04. The predicted molar refractivity (Wildman–Crippen MR) is 525 cm³/mol. The van der Waals surface area contributed by atoms with Crippen molar-refractivity contribution in [2.24, 2.45) is 0 Å². The Morgan fingerprint density at radius 1 is 0.393 bits per heavy atom. The molecule has 30 heteroatoms. The summed E-state index contributed by atoms with van der Waals surface area (Å²) in [6.07, 6.45) is -22.6. The number of Topliss-reactive ketones (excluding diaryl/α,β-unsaturated/α-hetero) is 1. The van der Waals surface area contributed by atoms with E-state index >= 15 is 19.2 Å². The number of benzene rings is 10. The summed E-state index contributed by atoms with van der Waals surface area (Å²) >= 11 is 21.8. The average molecular weight is 1970 g/mol. The summed E-state index contributed by atoms with van der Waals surface area (Å²) in [6, 6.07) is 89.7. The first kappa shape index (κ1) is 103. The number of aryl methyl sites for hydroxylation is 1. The van der Waals surface area contributed by atoms with Crippen LogP contribution in [0.4, 0.5) is 0 Å². The Morgan fingerprint density at radius 3 is 1.20 bits per heavy atom. The highest BCUT2D eigenvalue weighted by Gasteiger charge is 2.62. The summed E-state index contributed by atoms with van der Waals surface area (Å²) < 4.78 is 98.9. The summed E-state index contributed by atoms with van der Waals surface area (Å²) in [5, 5.41) is 4.60. The van der Waals surface area contributed by atoms with Gasteiger partial charge in [-0.3, -0.25) is 23.3 Å². The maximum Gasteiger partial charge on any atom is 0.338 e. The standard InChI is InChI=1S/C105H120Cl3NO22SSi3/c1-71-59-62-78(63-60-71)132-100-95(125-97(113)77-49-31-18-32-50-77)92(116-66-74-43-25-15-26-44-74)89(84(122-100)69-118-129-134(103(6,7)8,79-51-33-19-34-52-79)80-53-35-20-36-54-80)126-98-87(109-101(114)105(106,107)108)91(88(123-86(111)64-61-72(2)110)83(120-98)68-115-65-73-41-23-14-24-42-73)127-99-94(124-96(112)76-47-29-17-30-48-76)93(117-67-75-45-27-16-28-46-75)90(128-131-133(12,13)102(3,4)5)85(121-99)70-119-130-135(104(9,10)11,81-55-37-21-38-56-81)82-57-39-22-40-58-82/h14-60,62-63,83-85,87-95,98-100H,61,64-70H2,1-13H3,(H,109,114)/t83-,84-,85-,87-,88+,89-,90-,91-,92+,93+,94-,95-,98+,99+,100+/m1/s1. The number of esters is 3. The van der Waals surface area contributed by atoms with Crippen LogP contribution in [-0.2, 0) is 115 Å². The molecule has 1 amide bonds. The molecule has 0 bridgehead atoms. The van der Waals surface area contributed by atoms with Gasteiger partial charge in [-0.15, -0.1) is 0 Å². The molecule has 135 heavy (non-hydrogen) atoms. The Hall–Kier alpha value is -8.94. The van der Waals surface area contributed by atoms with E-state index in [1.54, 1.807) is 60.7 Å². The molecule has 3 aliphatic heterocycles. The van der Waals surface area contributed by atoms with Crippen molar-refractivity contribution in [1.82, 2.24) is 5.32 Å². The van der Waals surface area contributed by atoms with E-state index in [1.165, 1.54) is 18.7 Å². The number of hydrogen-bond acceptors (Lipinski definition) is 23. The fourth-order valence-electron chi connectivity index (χ4n) is 16.3. The van der Waals surface area contributed by atoms with E-state index in [9.17, 15) is 4.79 Å². The number of carbonyl (C=O) groups is 5. The molecule has 3 heterocycles. The van der Waals surface area contributed by atoms with Gasteiger partial charge in [0.05, 0.1) is 44.0 Å². The zero-order chi connectivity index (χ0) is 96.1. The van der Waals surface area contributed by atoms with Gasteiger partial charge in [-0.05, 0) is 116 Å². The monoisotopic (exact) mass is 1970 g/mol. The number of amides is 1. The van der Waals surface area contributed by atoms with E-state index in [-0.39, 0.29) is 43.2 Å². The third-order valence-electron chi connectivity index (χ3n) is 24.5. The van der Waals surface area contributed by atoms with Crippen molar-refractivity contribution in [3.8, 4) is 0 Å². The first-order chi connectivity index (χ1) is 64.6. The van der Waals surface area contributed by atoms with Crippen LogP contribution in [0.25, 0.3) is 0 Å². The van der Waals surface area contributed by atoms with Crippen molar-refractivity contribution >= 4 is 122 Å². The Morgan fingerprint density at radius 2 is 0.778 bits per heavy atom. The molecule has 0 aromatic heterocycles. The lowest BCUT2D eigenvalue weighted by Gasteiger charge is -2.52. The van der Waals surface area contributed by atoms with Crippen molar-refractivity contribution in [2.75, 3.05) is 19.8 Å². The molecule has 0 aliphatic carbocycles. The van der Waals surface area contributed by atoms with Crippen LogP contribution in [0.15, 0.2) is 302 Å². The van der Waals surface area contributed by atoms with Crippen LogP contribution in [0.1, 0.15) is 125 Å². The van der Waals surface area contributed by atoms with E-state index in [0.717, 1.165) is 26.3 Å². The second-order valence-electron chi connectivity index (χ2n) is 37.4. The molecule has 0 spiro atoms. The predicted octanol–water partition coefficient (Wildman–Crippen LogP) is 18.3. The van der Waals surface area contributed by atoms with E-state index in [0.29, 0.717) is 21.6 Å². The molecule has 716 valence electrons. The third kappa shape index (κ3) is 26.6. The van der Waals surface area contributed by atoms with Crippen LogP contribution in [-0.4, -0.2) is 169 Å². The smallest absolute Gasteiger partial charge is 0.338 e. The van der Waals surface area contributed by atoms with Gasteiger partial charge in [-0.25, -0.2) is 24.3 Å². The normalized spacial score (nSPS) is 22.5. The van der Waals surface area contributed by atoms with Gasteiger partial charge in [0, 0.05) is 11.3 Å². The minimum atomic E-state index is -3.64. The highest BCUT2D eigenvalue weighted by molar-refractivity contribution is 7.99. The lowest BCUT2D eigenvalue weighted by atomic mass is 9.94. The lowest BCUT2D eigenvalue weighted by molar-refractivity contribution is -0.396. The SMILES string of the molecule is CC(=O)CCC(=O)O[C@@H]1[C@H](O[C@@H]2O[C@H](COO[Si](c3ccccc3)(c3ccccc3)C(C)(C)C)[C@@H](OO[Si](C)(C)C(C)(C)C)[C@H](OCc3ccccc3)[C@H]2OC(=O)c2ccccc2)[C@@H](NC(=O)C(Cl)(Cl)Cl)[C@H](O[C@H]2[C@H](OCc3ccccc3)[C@@H](OC(=O)c3ccccc3)[C@H](Sc3ccc(C)cc3)O[C@@H]2COO[Si](c2ccccc2)(c2ccccc2)C(C)(C)C)O[C@@H]1COCc1ccccc1. The molecule has 1 N–H and O–H groups in total. The average Bonchev–Trinajstić information content (AvgIpc) is 0.749. The summed E-state index contributed by atoms with van der Waals surface area (Å²) in [6.45, 7) is 24.1. The highest BCUT2D eigenvalue weighted by Crippen LogP contribution is 2.46. The van der Waals surface area contributed by atoms with Gasteiger partial charge in [-0.1, -0.05) is 375 Å². The van der Waals surface area contributed by atoms with Crippen molar-refractivity contribution in [3.63, 3.8) is 0 Å². The molecule has 10 aromatic rings. The van der Waals surface area contributed by atoms with Crippen molar-refractivity contribution in [1.29, 1.82) is 0 Å². The number of halogens is 3. The van der Waals surface area contributed by atoms with Gasteiger partial charge in [-0.2, -0.15) is 0 Å². The fraction of sp³-hybridized carbons (Fsp3) is 0.381. The first-order valence-corrected chi connectivity index (χ1v) is 54.0. The van der Waals surface area contributed by atoms with Gasteiger partial charge in [0.1, 0.15) is 73.2 Å². The summed E-state index contributed by atoms with van der Waals surface area (Å²) in [7, 11) is -10.3. The molecule has 0 saturated carbocycles. The molecule has 3 aliphatic rings. The molecular formula is C105H120Cl3NO22SSi3. The van der Waals surface area contributed by atoms with Gasteiger partial charge < -0.3 is 62.2 Å². The zero-order valence-electron chi connectivity index (χ0n) is 78.1. The molecule has 13 rings (SSSR count). The van der Waals surface area contributed by atoms with Crippen LogP contribution in [0.2, 0.25) is 28.2 Å². The lowest BCUT2D eigenvalue weighted by Crippen LogP contribution is -2.71. The Labute approximate surface area is 813 Å². The van der Waals surface area contributed by atoms with Crippen molar-refractivity contribution < 1.29 is 104 Å².